The largest absolute Gasteiger partial charge is 0.394 e. The van der Waals surface area contributed by atoms with Crippen LogP contribution in [-0.2, 0) is 0 Å². The van der Waals surface area contributed by atoms with Gasteiger partial charge in [-0.25, -0.2) is 4.39 Å². The van der Waals surface area contributed by atoms with E-state index in [2.05, 4.69) is 21.2 Å². The third-order valence-electron chi connectivity index (χ3n) is 1.99. The van der Waals surface area contributed by atoms with Gasteiger partial charge < -0.3 is 15.5 Å². The zero-order valence-electron chi connectivity index (χ0n) is 8.30. The predicted octanol–water partition coefficient (Wildman–Crippen LogP) is 1.66. The van der Waals surface area contributed by atoms with Crippen molar-refractivity contribution < 1.29 is 14.6 Å². The first-order chi connectivity index (χ1) is 7.04. The van der Waals surface area contributed by atoms with Crippen LogP contribution in [0.4, 0.5) is 10.1 Å². The van der Waals surface area contributed by atoms with E-state index in [0.717, 1.165) is 4.47 Å². The van der Waals surface area contributed by atoms with Crippen molar-refractivity contribution in [2.24, 2.45) is 0 Å². The van der Waals surface area contributed by atoms with Crippen LogP contribution in [0.25, 0.3) is 0 Å². The molecule has 3 nitrogen and oxygen atoms in total. The summed E-state index contributed by atoms with van der Waals surface area (Å²) in [5.41, 5.74) is 1.11. The SMILES string of the molecule is Cc1cc(Br)c(NCC(O)CO)cc1F. The molecule has 0 bridgehead atoms. The molecule has 0 fully saturated rings. The van der Waals surface area contributed by atoms with E-state index in [1.807, 2.05) is 0 Å². The molecular weight excluding hydrogens is 265 g/mol. The lowest BCUT2D eigenvalue weighted by Crippen LogP contribution is -2.23. The van der Waals surface area contributed by atoms with E-state index >= 15 is 0 Å². The molecule has 0 aromatic heterocycles. The highest BCUT2D eigenvalue weighted by Crippen LogP contribution is 2.25. The second-order valence-electron chi connectivity index (χ2n) is 3.30. The molecule has 0 amide bonds. The van der Waals surface area contributed by atoms with Gasteiger partial charge in [0.05, 0.1) is 18.4 Å². The first-order valence-corrected chi connectivity index (χ1v) is 5.32. The van der Waals surface area contributed by atoms with Crippen LogP contribution in [0.2, 0.25) is 0 Å². The molecule has 5 heteroatoms. The summed E-state index contributed by atoms with van der Waals surface area (Å²) in [6.07, 6.45) is -0.846. The Hall–Kier alpha value is -0.650. The third-order valence-corrected chi connectivity index (χ3v) is 2.64. The highest BCUT2D eigenvalue weighted by Gasteiger charge is 2.07. The van der Waals surface area contributed by atoms with Crippen molar-refractivity contribution in [3.05, 3.63) is 28.0 Å². The first-order valence-electron chi connectivity index (χ1n) is 4.53. The van der Waals surface area contributed by atoms with E-state index in [9.17, 15) is 4.39 Å². The van der Waals surface area contributed by atoms with E-state index in [-0.39, 0.29) is 19.0 Å². The molecule has 0 heterocycles. The molecule has 1 rings (SSSR count). The number of halogens is 2. The van der Waals surface area contributed by atoms with Crippen LogP contribution in [0.1, 0.15) is 5.56 Å². The van der Waals surface area contributed by atoms with Crippen molar-refractivity contribution >= 4 is 21.6 Å². The summed E-state index contributed by atoms with van der Waals surface area (Å²) in [5.74, 6) is -0.306. The lowest BCUT2D eigenvalue weighted by Gasteiger charge is -2.12. The van der Waals surface area contributed by atoms with Crippen LogP contribution in [0, 0.1) is 12.7 Å². The fourth-order valence-corrected chi connectivity index (χ4v) is 1.67. The Morgan fingerprint density at radius 3 is 2.80 bits per heavy atom. The van der Waals surface area contributed by atoms with Crippen molar-refractivity contribution in [1.29, 1.82) is 0 Å². The highest BCUT2D eigenvalue weighted by molar-refractivity contribution is 9.10. The number of rotatable bonds is 4. The maximum atomic E-state index is 13.2. The number of aliphatic hydroxyl groups is 2. The lowest BCUT2D eigenvalue weighted by molar-refractivity contribution is 0.105. The summed E-state index contributed by atoms with van der Waals surface area (Å²) in [6, 6.07) is 3.01. The number of anilines is 1. The van der Waals surface area contributed by atoms with Crippen LogP contribution in [0.15, 0.2) is 16.6 Å². The van der Waals surface area contributed by atoms with Crippen LogP contribution < -0.4 is 5.32 Å². The Morgan fingerprint density at radius 1 is 1.53 bits per heavy atom. The Bertz CT molecular complexity index is 346. The van der Waals surface area contributed by atoms with E-state index in [0.29, 0.717) is 11.3 Å². The molecular formula is C10H13BrFNO2. The summed E-state index contributed by atoms with van der Waals surface area (Å²) in [4.78, 5) is 0. The van der Waals surface area contributed by atoms with Gasteiger partial charge in [0.1, 0.15) is 5.82 Å². The molecule has 0 saturated carbocycles. The molecule has 0 aliphatic heterocycles. The number of nitrogens with one attached hydrogen (secondary N) is 1. The lowest BCUT2D eigenvalue weighted by atomic mass is 10.2. The van der Waals surface area contributed by atoms with E-state index < -0.39 is 6.10 Å². The Labute approximate surface area is 96.1 Å². The van der Waals surface area contributed by atoms with Gasteiger partial charge in [0.2, 0.25) is 0 Å². The van der Waals surface area contributed by atoms with Crippen LogP contribution >= 0.6 is 15.9 Å². The van der Waals surface area contributed by atoms with Gasteiger partial charge in [-0.05, 0) is 40.5 Å². The summed E-state index contributed by atoms with van der Waals surface area (Å²) in [6.45, 7) is 1.53. The van der Waals surface area contributed by atoms with Crippen LogP contribution in [-0.4, -0.2) is 29.5 Å². The fraction of sp³-hybridized carbons (Fsp3) is 0.400. The first kappa shape index (κ1) is 12.4. The summed E-state index contributed by atoms with van der Waals surface area (Å²) >= 11 is 3.28. The average Bonchev–Trinajstić information content (AvgIpc) is 2.21. The molecule has 0 aliphatic carbocycles. The summed E-state index contributed by atoms with van der Waals surface area (Å²) < 4.78 is 13.9. The number of aliphatic hydroxyl groups excluding tert-OH is 2. The zero-order chi connectivity index (χ0) is 11.4. The Morgan fingerprint density at radius 2 is 2.20 bits per heavy atom. The molecule has 15 heavy (non-hydrogen) atoms. The predicted molar refractivity (Wildman–Crippen MR) is 60.4 cm³/mol. The van der Waals surface area contributed by atoms with E-state index in [4.69, 9.17) is 10.2 Å². The topological polar surface area (TPSA) is 52.5 Å². The number of aryl methyl sites for hydroxylation is 1. The van der Waals surface area contributed by atoms with Crippen LogP contribution in [0.3, 0.4) is 0 Å². The fourth-order valence-electron chi connectivity index (χ4n) is 1.07. The van der Waals surface area contributed by atoms with E-state index in [1.54, 1.807) is 13.0 Å². The molecule has 3 N–H and O–H groups in total. The Kier molecular flexibility index (Phi) is 4.50. The van der Waals surface area contributed by atoms with Gasteiger partial charge in [-0.15, -0.1) is 0 Å². The molecule has 1 unspecified atom stereocenters. The minimum Gasteiger partial charge on any atom is -0.394 e. The van der Waals surface area contributed by atoms with Gasteiger partial charge in [0, 0.05) is 11.0 Å². The second kappa shape index (κ2) is 5.44. The monoisotopic (exact) mass is 277 g/mol. The van der Waals surface area contributed by atoms with Gasteiger partial charge in [0.25, 0.3) is 0 Å². The van der Waals surface area contributed by atoms with Crippen molar-refractivity contribution in [3.8, 4) is 0 Å². The Balaban J connectivity index is 2.73. The van der Waals surface area contributed by atoms with Gasteiger partial charge in [0.15, 0.2) is 0 Å². The zero-order valence-corrected chi connectivity index (χ0v) is 9.88. The number of hydrogen-bond acceptors (Lipinski definition) is 3. The average molecular weight is 278 g/mol. The summed E-state index contributed by atoms with van der Waals surface area (Å²) in [7, 11) is 0. The van der Waals surface area contributed by atoms with Crippen molar-refractivity contribution in [1.82, 2.24) is 0 Å². The standard InChI is InChI=1S/C10H13BrFNO2/c1-6-2-8(11)10(3-9(6)12)13-4-7(15)5-14/h2-3,7,13-15H,4-5H2,1H3. The van der Waals surface area contributed by atoms with Gasteiger partial charge in [-0.3, -0.25) is 0 Å². The molecule has 0 radical (unpaired) electrons. The van der Waals surface area contributed by atoms with Crippen LogP contribution in [0.5, 0.6) is 0 Å². The minimum atomic E-state index is -0.846. The summed E-state index contributed by atoms with van der Waals surface area (Å²) in [5, 5.41) is 20.6. The quantitative estimate of drug-likeness (QED) is 0.785. The molecule has 1 aromatic rings. The molecule has 1 aromatic carbocycles. The number of hydrogen-bond donors (Lipinski definition) is 3. The molecule has 0 aliphatic rings. The molecule has 84 valence electrons. The van der Waals surface area contributed by atoms with Gasteiger partial charge in [-0.1, -0.05) is 0 Å². The smallest absolute Gasteiger partial charge is 0.128 e. The second-order valence-corrected chi connectivity index (χ2v) is 4.15. The van der Waals surface area contributed by atoms with Crippen molar-refractivity contribution in [2.45, 2.75) is 13.0 Å². The minimum absolute atomic E-state index is 0.178. The highest BCUT2D eigenvalue weighted by atomic mass is 79.9. The number of benzene rings is 1. The van der Waals surface area contributed by atoms with Crippen molar-refractivity contribution in [2.75, 3.05) is 18.5 Å². The third kappa shape index (κ3) is 3.44. The van der Waals surface area contributed by atoms with Gasteiger partial charge >= 0.3 is 0 Å². The van der Waals surface area contributed by atoms with E-state index in [1.165, 1.54) is 6.07 Å². The normalized spacial score (nSPS) is 12.6. The van der Waals surface area contributed by atoms with Gasteiger partial charge in [-0.2, -0.15) is 0 Å². The molecule has 1 atom stereocenters. The molecule has 0 saturated heterocycles. The van der Waals surface area contributed by atoms with Crippen molar-refractivity contribution in [3.63, 3.8) is 0 Å². The maximum absolute atomic E-state index is 13.2. The maximum Gasteiger partial charge on any atom is 0.128 e. The molecule has 0 spiro atoms.